The van der Waals surface area contributed by atoms with Gasteiger partial charge in [0, 0.05) is 0 Å². The smallest absolute Gasteiger partial charge is 0.293 e. The Hall–Kier alpha value is -0.790. The lowest BCUT2D eigenvalue weighted by atomic mass is 10.3. The summed E-state index contributed by atoms with van der Waals surface area (Å²) in [4.78, 5) is 9.65. The summed E-state index contributed by atoms with van der Waals surface area (Å²) < 4.78 is 4.50. The Bertz CT molecular complexity index is 97.4. The minimum absolute atomic E-state index is 0.490. The molecule has 0 aliphatic heterocycles. The van der Waals surface area contributed by atoms with Crippen molar-refractivity contribution in [2.24, 2.45) is 0 Å². The Morgan fingerprint density at radius 1 is 1.40 bits per heavy atom. The van der Waals surface area contributed by atoms with Crippen molar-refractivity contribution in [2.45, 2.75) is 26.2 Å². The summed E-state index contributed by atoms with van der Waals surface area (Å²) >= 11 is 0. The van der Waals surface area contributed by atoms with Crippen LogP contribution in [0.2, 0.25) is 0 Å². The molecule has 0 N–H and O–H groups in total. The molecule has 0 aromatic heterocycles. The van der Waals surface area contributed by atoms with E-state index in [2.05, 4.69) is 23.8 Å². The van der Waals surface area contributed by atoms with Gasteiger partial charge in [-0.2, -0.15) is 0 Å². The number of carbonyl (C=O) groups is 1. The fourth-order valence-electron chi connectivity index (χ4n) is 0.617. The van der Waals surface area contributed by atoms with Gasteiger partial charge in [-0.3, -0.25) is 4.79 Å². The summed E-state index contributed by atoms with van der Waals surface area (Å²) in [5.74, 6) is 0. The van der Waals surface area contributed by atoms with Gasteiger partial charge in [0.25, 0.3) is 6.47 Å². The van der Waals surface area contributed by atoms with Crippen molar-refractivity contribution < 1.29 is 9.53 Å². The van der Waals surface area contributed by atoms with Crippen molar-refractivity contribution in [3.8, 4) is 0 Å². The standard InChI is InChI=1S/C8H14O2/c1-2-3-4-5-6-7-10-8-9/h3-4,8H,2,5-7H2,1H3/b4-3+. The second kappa shape index (κ2) is 8.21. The predicted molar refractivity (Wildman–Crippen MR) is 40.7 cm³/mol. The van der Waals surface area contributed by atoms with Gasteiger partial charge in [-0.1, -0.05) is 19.1 Å². The second-order valence-electron chi connectivity index (χ2n) is 1.99. The lowest BCUT2D eigenvalue weighted by molar-refractivity contribution is -0.128. The third kappa shape index (κ3) is 7.21. The van der Waals surface area contributed by atoms with E-state index in [4.69, 9.17) is 0 Å². The highest BCUT2D eigenvalue weighted by molar-refractivity contribution is 5.36. The number of hydrogen-bond acceptors (Lipinski definition) is 2. The molecule has 0 saturated heterocycles. The lowest BCUT2D eigenvalue weighted by Gasteiger charge is -1.92. The van der Waals surface area contributed by atoms with E-state index in [1.807, 2.05) is 0 Å². The molecule has 0 heterocycles. The van der Waals surface area contributed by atoms with E-state index >= 15 is 0 Å². The number of ether oxygens (including phenoxy) is 1. The molecule has 0 aromatic carbocycles. The fraction of sp³-hybridized carbons (Fsp3) is 0.625. The topological polar surface area (TPSA) is 26.3 Å². The average Bonchev–Trinajstić information content (AvgIpc) is 1.97. The first-order valence-electron chi connectivity index (χ1n) is 3.62. The van der Waals surface area contributed by atoms with Crippen LogP contribution in [-0.2, 0) is 9.53 Å². The van der Waals surface area contributed by atoms with E-state index < -0.39 is 0 Å². The third-order valence-corrected chi connectivity index (χ3v) is 1.10. The molecule has 0 saturated carbocycles. The summed E-state index contributed by atoms with van der Waals surface area (Å²) in [6.45, 7) is 3.12. The van der Waals surface area contributed by atoms with Crippen molar-refractivity contribution in [3.05, 3.63) is 12.2 Å². The van der Waals surface area contributed by atoms with Gasteiger partial charge in [0.15, 0.2) is 0 Å². The van der Waals surface area contributed by atoms with Crippen LogP contribution in [0, 0.1) is 0 Å². The van der Waals surface area contributed by atoms with Crippen molar-refractivity contribution in [1.82, 2.24) is 0 Å². The van der Waals surface area contributed by atoms with Gasteiger partial charge in [-0.25, -0.2) is 0 Å². The fourth-order valence-corrected chi connectivity index (χ4v) is 0.617. The minimum Gasteiger partial charge on any atom is -0.468 e. The third-order valence-electron chi connectivity index (χ3n) is 1.10. The number of unbranched alkanes of at least 4 members (excludes halogenated alkanes) is 1. The maximum absolute atomic E-state index is 9.65. The van der Waals surface area contributed by atoms with E-state index in [1.165, 1.54) is 0 Å². The molecule has 0 aromatic rings. The highest BCUT2D eigenvalue weighted by atomic mass is 16.5. The highest BCUT2D eigenvalue weighted by Gasteiger charge is 1.81. The SMILES string of the molecule is CC/C=C/CCCOC=O. The van der Waals surface area contributed by atoms with E-state index in [0.29, 0.717) is 13.1 Å². The maximum Gasteiger partial charge on any atom is 0.293 e. The van der Waals surface area contributed by atoms with Crippen LogP contribution in [0.25, 0.3) is 0 Å². The normalized spacial score (nSPS) is 10.1. The average molecular weight is 142 g/mol. The molecule has 0 atom stereocenters. The molecule has 0 aliphatic rings. The van der Waals surface area contributed by atoms with Crippen LogP contribution in [0.5, 0.6) is 0 Å². The van der Waals surface area contributed by atoms with Crippen molar-refractivity contribution in [2.75, 3.05) is 6.61 Å². The minimum atomic E-state index is 0.490. The van der Waals surface area contributed by atoms with Gasteiger partial charge in [-0.15, -0.1) is 0 Å². The Labute approximate surface area is 61.9 Å². The van der Waals surface area contributed by atoms with Crippen LogP contribution in [0.15, 0.2) is 12.2 Å². The molecule has 0 unspecified atom stereocenters. The van der Waals surface area contributed by atoms with Crippen LogP contribution >= 0.6 is 0 Å². The molecule has 0 rings (SSSR count). The first-order chi connectivity index (χ1) is 4.91. The van der Waals surface area contributed by atoms with Gasteiger partial charge in [0.2, 0.25) is 0 Å². The van der Waals surface area contributed by atoms with Crippen LogP contribution in [0.1, 0.15) is 26.2 Å². The van der Waals surface area contributed by atoms with Gasteiger partial charge in [0.1, 0.15) is 0 Å². The van der Waals surface area contributed by atoms with E-state index in [0.717, 1.165) is 19.3 Å². The molecule has 0 radical (unpaired) electrons. The molecule has 0 amide bonds. The number of allylic oxidation sites excluding steroid dienone is 2. The molecule has 10 heavy (non-hydrogen) atoms. The molecule has 0 aliphatic carbocycles. The van der Waals surface area contributed by atoms with Gasteiger partial charge in [-0.05, 0) is 19.3 Å². The van der Waals surface area contributed by atoms with Crippen LogP contribution < -0.4 is 0 Å². The van der Waals surface area contributed by atoms with Crippen molar-refractivity contribution in [1.29, 1.82) is 0 Å². The summed E-state index contributed by atoms with van der Waals surface area (Å²) in [5, 5.41) is 0. The predicted octanol–water partition coefficient (Wildman–Crippen LogP) is 1.91. The Morgan fingerprint density at radius 3 is 2.80 bits per heavy atom. The molecular weight excluding hydrogens is 128 g/mol. The second-order valence-corrected chi connectivity index (χ2v) is 1.99. The zero-order chi connectivity index (χ0) is 7.66. The summed E-state index contributed by atoms with van der Waals surface area (Å²) in [6.07, 6.45) is 7.22. The Balaban J connectivity index is 2.89. The first kappa shape index (κ1) is 9.21. The van der Waals surface area contributed by atoms with Crippen LogP contribution in [0.3, 0.4) is 0 Å². The Kier molecular flexibility index (Phi) is 7.56. The molecule has 2 heteroatoms. The maximum atomic E-state index is 9.65. The van der Waals surface area contributed by atoms with Gasteiger partial charge < -0.3 is 4.74 Å². The summed E-state index contributed by atoms with van der Waals surface area (Å²) in [7, 11) is 0. The quantitative estimate of drug-likeness (QED) is 0.321. The van der Waals surface area contributed by atoms with Crippen molar-refractivity contribution >= 4 is 6.47 Å². The van der Waals surface area contributed by atoms with Gasteiger partial charge >= 0.3 is 0 Å². The monoisotopic (exact) mass is 142 g/mol. The van der Waals surface area contributed by atoms with Crippen LogP contribution in [0.4, 0.5) is 0 Å². The Morgan fingerprint density at radius 2 is 2.20 bits per heavy atom. The number of rotatable bonds is 6. The number of hydrogen-bond donors (Lipinski definition) is 0. The zero-order valence-corrected chi connectivity index (χ0v) is 6.38. The highest BCUT2D eigenvalue weighted by Crippen LogP contribution is 1.91. The van der Waals surface area contributed by atoms with Crippen LogP contribution in [-0.4, -0.2) is 13.1 Å². The molecule has 0 fully saturated rings. The molecule has 0 spiro atoms. The molecule has 2 nitrogen and oxygen atoms in total. The summed E-state index contributed by atoms with van der Waals surface area (Å²) in [6, 6.07) is 0. The lowest BCUT2D eigenvalue weighted by Crippen LogP contribution is -1.89. The summed E-state index contributed by atoms with van der Waals surface area (Å²) in [5.41, 5.74) is 0. The first-order valence-corrected chi connectivity index (χ1v) is 3.62. The molecule has 0 bridgehead atoms. The van der Waals surface area contributed by atoms with E-state index in [-0.39, 0.29) is 0 Å². The van der Waals surface area contributed by atoms with E-state index in [9.17, 15) is 4.79 Å². The molecule has 58 valence electrons. The zero-order valence-electron chi connectivity index (χ0n) is 6.38. The largest absolute Gasteiger partial charge is 0.468 e. The number of carbonyl (C=O) groups excluding carboxylic acids is 1. The van der Waals surface area contributed by atoms with Gasteiger partial charge in [0.05, 0.1) is 6.61 Å². The van der Waals surface area contributed by atoms with Crippen molar-refractivity contribution in [3.63, 3.8) is 0 Å². The molecular formula is C8H14O2. The van der Waals surface area contributed by atoms with E-state index in [1.54, 1.807) is 0 Å².